The van der Waals surface area contributed by atoms with E-state index in [0.717, 1.165) is 11.3 Å². The van der Waals surface area contributed by atoms with Crippen molar-refractivity contribution in [3.8, 4) is 5.75 Å². The van der Waals surface area contributed by atoms with Gasteiger partial charge in [-0.1, -0.05) is 12.1 Å². The summed E-state index contributed by atoms with van der Waals surface area (Å²) in [5.41, 5.74) is 4.34. The van der Waals surface area contributed by atoms with E-state index in [4.69, 9.17) is 4.74 Å². The molecule has 0 fully saturated rings. The summed E-state index contributed by atoms with van der Waals surface area (Å²) in [6.07, 6.45) is 0. The largest absolute Gasteiger partial charge is 0.497 e. The molecule has 0 bridgehead atoms. The summed E-state index contributed by atoms with van der Waals surface area (Å²) < 4.78 is 5.06. The van der Waals surface area contributed by atoms with Crippen LogP contribution in [0.5, 0.6) is 5.75 Å². The van der Waals surface area contributed by atoms with E-state index in [-0.39, 0.29) is 6.04 Å². The number of hydrogen-bond acceptors (Lipinski definition) is 4. The molecule has 0 amide bonds. The Morgan fingerprint density at radius 3 is 2.59 bits per heavy atom. The van der Waals surface area contributed by atoms with Crippen LogP contribution >= 0.6 is 0 Å². The molecule has 0 radical (unpaired) electrons. The summed E-state index contributed by atoms with van der Waals surface area (Å²) in [7, 11) is 1.59. The van der Waals surface area contributed by atoms with Gasteiger partial charge in [0.2, 0.25) is 0 Å². The van der Waals surface area contributed by atoms with Gasteiger partial charge in [0.25, 0.3) is 0 Å². The molecule has 1 aliphatic rings. The number of carbonyl (C=O) groups is 1. The fourth-order valence-electron chi connectivity index (χ4n) is 1.96. The minimum absolute atomic E-state index is 0.307. The summed E-state index contributed by atoms with van der Waals surface area (Å²) in [5, 5.41) is 13.2. The van der Waals surface area contributed by atoms with Crippen LogP contribution in [0.25, 0.3) is 0 Å². The van der Waals surface area contributed by atoms with Crippen molar-refractivity contribution in [3.63, 3.8) is 0 Å². The predicted molar refractivity (Wildman–Crippen MR) is 63.1 cm³/mol. The van der Waals surface area contributed by atoms with Gasteiger partial charge in [0.15, 0.2) is 0 Å². The normalized spacial score (nSPS) is 22.8. The molecular weight excluding hydrogens is 220 g/mol. The van der Waals surface area contributed by atoms with Crippen LogP contribution in [-0.2, 0) is 4.79 Å². The van der Waals surface area contributed by atoms with E-state index >= 15 is 0 Å². The molecule has 0 aromatic heterocycles. The van der Waals surface area contributed by atoms with Crippen LogP contribution in [0, 0.1) is 5.92 Å². The van der Waals surface area contributed by atoms with Gasteiger partial charge in [0, 0.05) is 0 Å². The number of benzene rings is 1. The van der Waals surface area contributed by atoms with Gasteiger partial charge in [-0.05, 0) is 24.6 Å². The minimum Gasteiger partial charge on any atom is -0.497 e. The van der Waals surface area contributed by atoms with Crippen molar-refractivity contribution in [2.24, 2.45) is 11.0 Å². The molecule has 2 rings (SSSR count). The quantitative estimate of drug-likeness (QED) is 0.829. The van der Waals surface area contributed by atoms with E-state index < -0.39 is 11.9 Å². The Morgan fingerprint density at radius 1 is 1.41 bits per heavy atom. The van der Waals surface area contributed by atoms with Gasteiger partial charge >= 0.3 is 5.97 Å². The topological polar surface area (TPSA) is 70.9 Å². The summed E-state index contributed by atoms with van der Waals surface area (Å²) in [6.45, 7) is 1.72. The molecule has 2 atom stereocenters. The van der Waals surface area contributed by atoms with Crippen molar-refractivity contribution < 1.29 is 14.6 Å². The third kappa shape index (κ3) is 2.08. The van der Waals surface area contributed by atoms with Crippen molar-refractivity contribution in [2.45, 2.75) is 13.0 Å². The molecule has 0 saturated heterocycles. The molecule has 2 N–H and O–H groups in total. The molecule has 1 aromatic rings. The Balaban J connectivity index is 2.25. The average molecular weight is 234 g/mol. The van der Waals surface area contributed by atoms with Gasteiger partial charge in [-0.2, -0.15) is 5.10 Å². The third-order valence-electron chi connectivity index (χ3n) is 2.90. The highest BCUT2D eigenvalue weighted by Gasteiger charge is 2.36. The van der Waals surface area contributed by atoms with E-state index in [0.29, 0.717) is 5.71 Å². The number of nitrogens with one attached hydrogen (secondary N) is 1. The lowest BCUT2D eigenvalue weighted by atomic mass is 9.91. The van der Waals surface area contributed by atoms with Gasteiger partial charge in [-0.15, -0.1) is 0 Å². The van der Waals surface area contributed by atoms with Crippen LogP contribution in [0.2, 0.25) is 0 Å². The van der Waals surface area contributed by atoms with Crippen LogP contribution < -0.4 is 10.2 Å². The number of carboxylic acids is 1. The monoisotopic (exact) mass is 234 g/mol. The summed E-state index contributed by atoms with van der Waals surface area (Å²) in [4.78, 5) is 11.2. The molecule has 1 aromatic carbocycles. The summed E-state index contributed by atoms with van der Waals surface area (Å²) >= 11 is 0. The van der Waals surface area contributed by atoms with Gasteiger partial charge in [-0.3, -0.25) is 4.79 Å². The highest BCUT2D eigenvalue weighted by molar-refractivity contribution is 6.02. The van der Waals surface area contributed by atoms with E-state index in [9.17, 15) is 9.90 Å². The van der Waals surface area contributed by atoms with Gasteiger partial charge in [0.1, 0.15) is 11.7 Å². The number of hydrogen-bond donors (Lipinski definition) is 2. The first-order valence-electron chi connectivity index (χ1n) is 5.30. The van der Waals surface area contributed by atoms with Crippen LogP contribution in [0.1, 0.15) is 18.5 Å². The number of hydrazone groups is 1. The number of ether oxygens (including phenoxy) is 1. The first-order valence-corrected chi connectivity index (χ1v) is 5.30. The maximum Gasteiger partial charge on any atom is 0.314 e. The number of carboxylic acid groups (broad SMARTS) is 1. The lowest BCUT2D eigenvalue weighted by molar-refractivity contribution is -0.139. The number of nitrogens with zero attached hydrogens (tertiary/aromatic N) is 1. The van der Waals surface area contributed by atoms with Crippen molar-refractivity contribution in [3.05, 3.63) is 29.8 Å². The maximum absolute atomic E-state index is 11.2. The van der Waals surface area contributed by atoms with Gasteiger partial charge < -0.3 is 15.3 Å². The van der Waals surface area contributed by atoms with Crippen molar-refractivity contribution >= 4 is 11.7 Å². The van der Waals surface area contributed by atoms with E-state index in [1.165, 1.54) is 0 Å². The lowest BCUT2D eigenvalue weighted by Crippen LogP contribution is -2.27. The minimum atomic E-state index is -0.864. The van der Waals surface area contributed by atoms with E-state index in [2.05, 4.69) is 10.5 Å². The zero-order valence-corrected chi connectivity index (χ0v) is 9.68. The standard InChI is InChI=1S/C12H14N2O3/c1-7-10(12(15)16)11(14-13-7)8-3-5-9(17-2)6-4-8/h3-6,10-11,14H,1-2H3,(H,15,16). The van der Waals surface area contributed by atoms with Gasteiger partial charge in [-0.25, -0.2) is 0 Å². The zero-order chi connectivity index (χ0) is 12.4. The average Bonchev–Trinajstić information content (AvgIpc) is 2.71. The molecular formula is C12H14N2O3. The second kappa shape index (κ2) is 4.45. The second-order valence-corrected chi connectivity index (χ2v) is 3.95. The Labute approximate surface area is 99.1 Å². The first-order chi connectivity index (χ1) is 8.13. The fourth-order valence-corrected chi connectivity index (χ4v) is 1.96. The SMILES string of the molecule is COc1ccc(C2NN=C(C)C2C(=O)O)cc1. The highest BCUT2D eigenvalue weighted by Crippen LogP contribution is 2.29. The van der Waals surface area contributed by atoms with Crippen LogP contribution in [0.15, 0.2) is 29.4 Å². The molecule has 5 heteroatoms. The fraction of sp³-hybridized carbons (Fsp3) is 0.333. The summed E-state index contributed by atoms with van der Waals surface area (Å²) in [5.74, 6) is -0.725. The zero-order valence-electron chi connectivity index (χ0n) is 9.68. The number of methoxy groups -OCH3 is 1. The van der Waals surface area contributed by atoms with E-state index in [1.54, 1.807) is 14.0 Å². The van der Waals surface area contributed by atoms with Crippen LogP contribution in [0.3, 0.4) is 0 Å². The third-order valence-corrected chi connectivity index (χ3v) is 2.90. The number of aliphatic carboxylic acids is 1. The molecule has 5 nitrogen and oxygen atoms in total. The Kier molecular flexibility index (Phi) is 2.99. The predicted octanol–water partition coefficient (Wildman–Crippen LogP) is 1.42. The number of rotatable bonds is 3. The smallest absolute Gasteiger partial charge is 0.314 e. The highest BCUT2D eigenvalue weighted by atomic mass is 16.5. The van der Waals surface area contributed by atoms with Crippen LogP contribution in [0.4, 0.5) is 0 Å². The Bertz CT molecular complexity index is 453. The maximum atomic E-state index is 11.2. The van der Waals surface area contributed by atoms with Crippen molar-refractivity contribution in [1.29, 1.82) is 0 Å². The van der Waals surface area contributed by atoms with Crippen molar-refractivity contribution in [2.75, 3.05) is 7.11 Å². The lowest BCUT2D eigenvalue weighted by Gasteiger charge is -2.16. The molecule has 1 heterocycles. The molecule has 90 valence electrons. The van der Waals surface area contributed by atoms with Gasteiger partial charge in [0.05, 0.1) is 18.9 Å². The van der Waals surface area contributed by atoms with E-state index in [1.807, 2.05) is 24.3 Å². The molecule has 0 spiro atoms. The summed E-state index contributed by atoms with van der Waals surface area (Å²) in [6, 6.07) is 7.01. The Morgan fingerprint density at radius 2 is 2.06 bits per heavy atom. The molecule has 1 aliphatic heterocycles. The molecule has 2 unspecified atom stereocenters. The molecule has 17 heavy (non-hydrogen) atoms. The first kappa shape index (κ1) is 11.4. The van der Waals surface area contributed by atoms with Crippen LogP contribution in [-0.4, -0.2) is 23.9 Å². The second-order valence-electron chi connectivity index (χ2n) is 3.95. The molecule has 0 aliphatic carbocycles. The Hall–Kier alpha value is -2.04. The molecule has 0 saturated carbocycles. The van der Waals surface area contributed by atoms with Crippen molar-refractivity contribution in [1.82, 2.24) is 5.43 Å².